The summed E-state index contributed by atoms with van der Waals surface area (Å²) in [5, 5.41) is 8.23. The van der Waals surface area contributed by atoms with Crippen LogP contribution in [0.25, 0.3) is 33.4 Å². The Morgan fingerprint density at radius 1 is 0.778 bits per heavy atom. The Hall–Kier alpha value is -5.47. The maximum atomic E-state index is 12.1. The molecule has 1 fully saturated rings. The first-order valence-corrected chi connectivity index (χ1v) is 18.2. The molecule has 0 atom stereocenters. The van der Waals surface area contributed by atoms with E-state index < -0.39 is 6.18 Å². The first kappa shape index (κ1) is 41.3. The zero-order chi connectivity index (χ0) is 39.3. The number of aryl methyl sites for hydroxylation is 4. The SMILES string of the molecule is C1CCC1.C=CCNC.CC(F)(F)F.Cc1cccc(C)c1N=c1ccc2c(-c3ccccc3C=O)c3ccc(Nc4c(C)cccc4C)cc3oc-2c1. The largest absolute Gasteiger partial charge is 0.456 e. The minimum atomic E-state index is -4.00. The summed E-state index contributed by atoms with van der Waals surface area (Å²) in [7, 11) is 1.89. The number of hydrogen-bond acceptors (Lipinski definition) is 5. The lowest BCUT2D eigenvalue weighted by molar-refractivity contribution is -0.110. The van der Waals surface area contributed by atoms with Crippen molar-refractivity contribution in [3.05, 3.63) is 143 Å². The standard InChI is InChI=1S/C36H30N2O2.C4H9N.C4H8.C2H3F3/c1-22-9-7-10-23(2)35(22)37-27-15-17-30-32(19-27)40-33-20-28(38-36-24(3)11-8-12-25(36)4)16-18-31(33)34(30)29-14-6-5-13-26(29)21-39;1-3-4-5-2;1-2-4-3-1;1-2(3,4)5/h5-21,37H,1-4H3;3,5H,1,4H2,2H3;1-4H2;1H3. The number of aldehydes is 1. The lowest BCUT2D eigenvalue weighted by Gasteiger charge is -2.18. The number of benzene rings is 5. The summed E-state index contributed by atoms with van der Waals surface area (Å²) in [4.78, 5) is 17.0. The lowest BCUT2D eigenvalue weighted by atomic mass is 9.91. The Kier molecular flexibility index (Phi) is 15.0. The van der Waals surface area contributed by atoms with E-state index in [-0.39, 0.29) is 6.92 Å². The molecule has 3 aliphatic rings. The van der Waals surface area contributed by atoms with E-state index >= 15 is 0 Å². The fourth-order valence-electron chi connectivity index (χ4n) is 5.81. The van der Waals surface area contributed by atoms with Crippen molar-refractivity contribution < 1.29 is 22.4 Å². The molecule has 1 aliphatic heterocycles. The number of likely N-dealkylation sites (N-methyl/N-ethyl adjacent to an activating group) is 1. The third kappa shape index (κ3) is 11.5. The molecule has 282 valence electrons. The molecule has 8 heteroatoms. The van der Waals surface area contributed by atoms with Crippen LogP contribution in [0.4, 0.5) is 30.2 Å². The average Bonchev–Trinajstić information content (AvgIpc) is 3.09. The number of rotatable bonds is 7. The summed E-state index contributed by atoms with van der Waals surface area (Å²) in [6, 6.07) is 32.4. The van der Waals surface area contributed by atoms with Gasteiger partial charge in [0.2, 0.25) is 0 Å². The van der Waals surface area contributed by atoms with Gasteiger partial charge in [-0.1, -0.05) is 92.4 Å². The minimum Gasteiger partial charge on any atom is -0.456 e. The molecule has 2 aliphatic carbocycles. The van der Waals surface area contributed by atoms with Gasteiger partial charge in [0.05, 0.1) is 11.0 Å². The molecule has 2 N–H and O–H groups in total. The van der Waals surface area contributed by atoms with Crippen molar-refractivity contribution in [3.63, 3.8) is 0 Å². The highest BCUT2D eigenvalue weighted by Gasteiger charge is 2.20. The number of alkyl halides is 3. The van der Waals surface area contributed by atoms with Gasteiger partial charge in [0.15, 0.2) is 6.29 Å². The number of para-hydroxylation sites is 2. The van der Waals surface area contributed by atoms with Crippen LogP contribution in [0.15, 0.2) is 119 Å². The fraction of sp³-hybridized carbons (Fsp3) is 0.261. The Bertz CT molecular complexity index is 2160. The highest BCUT2D eigenvalue weighted by Crippen LogP contribution is 2.42. The van der Waals surface area contributed by atoms with Gasteiger partial charge in [0, 0.05) is 59.1 Å². The van der Waals surface area contributed by atoms with Gasteiger partial charge < -0.3 is 15.1 Å². The number of nitrogens with zero attached hydrogens (tertiary/aromatic N) is 1. The number of nitrogens with one attached hydrogen (secondary N) is 2. The van der Waals surface area contributed by atoms with Gasteiger partial charge in [-0.2, -0.15) is 13.2 Å². The van der Waals surface area contributed by atoms with E-state index in [4.69, 9.17) is 9.41 Å². The van der Waals surface area contributed by atoms with Gasteiger partial charge in [-0.25, -0.2) is 4.99 Å². The predicted molar refractivity (Wildman–Crippen MR) is 218 cm³/mol. The van der Waals surface area contributed by atoms with Gasteiger partial charge in [0.1, 0.15) is 11.3 Å². The monoisotopic (exact) mass is 733 g/mol. The van der Waals surface area contributed by atoms with E-state index in [9.17, 15) is 18.0 Å². The first-order chi connectivity index (χ1) is 25.8. The molecule has 0 amide bonds. The fourth-order valence-corrected chi connectivity index (χ4v) is 5.81. The molecule has 0 unspecified atom stereocenters. The zero-order valence-electron chi connectivity index (χ0n) is 32.0. The summed E-state index contributed by atoms with van der Waals surface area (Å²) in [6.07, 6.45) is 4.73. The second-order valence-corrected chi connectivity index (χ2v) is 13.4. The minimum absolute atomic E-state index is 0.188. The molecule has 54 heavy (non-hydrogen) atoms. The number of carbonyl (C=O) groups excluding carboxylic acids is 1. The Balaban J connectivity index is 0.000000394. The molecule has 0 spiro atoms. The number of halogens is 3. The van der Waals surface area contributed by atoms with Crippen molar-refractivity contribution in [1.82, 2.24) is 5.32 Å². The van der Waals surface area contributed by atoms with Crippen LogP contribution < -0.4 is 16.0 Å². The normalized spacial score (nSPS) is 12.3. The van der Waals surface area contributed by atoms with E-state index in [0.29, 0.717) is 11.3 Å². The summed E-state index contributed by atoms with van der Waals surface area (Å²) in [5.41, 5.74) is 11.7. The van der Waals surface area contributed by atoms with Crippen molar-refractivity contribution in [2.45, 2.75) is 66.5 Å². The third-order valence-corrected chi connectivity index (χ3v) is 8.84. The van der Waals surface area contributed by atoms with E-state index in [1.165, 1.54) is 36.8 Å². The molecule has 0 aromatic heterocycles. The maximum absolute atomic E-state index is 12.1. The predicted octanol–water partition coefficient (Wildman–Crippen LogP) is 12.7. The van der Waals surface area contributed by atoms with Crippen LogP contribution in [0.2, 0.25) is 0 Å². The molecular formula is C46H50F3N3O2. The molecule has 7 rings (SSSR count). The molecule has 4 aromatic rings. The number of anilines is 2. The van der Waals surface area contributed by atoms with Crippen LogP contribution in [0, 0.1) is 27.7 Å². The van der Waals surface area contributed by atoms with Gasteiger partial charge >= 0.3 is 6.18 Å². The van der Waals surface area contributed by atoms with Crippen molar-refractivity contribution in [2.24, 2.45) is 4.99 Å². The van der Waals surface area contributed by atoms with Gasteiger partial charge in [-0.3, -0.25) is 4.79 Å². The third-order valence-electron chi connectivity index (χ3n) is 8.84. The highest BCUT2D eigenvalue weighted by atomic mass is 19.4. The van der Waals surface area contributed by atoms with Gasteiger partial charge in [0.25, 0.3) is 0 Å². The van der Waals surface area contributed by atoms with Crippen molar-refractivity contribution in [1.29, 1.82) is 0 Å². The molecule has 4 aromatic carbocycles. The summed E-state index contributed by atoms with van der Waals surface area (Å²) in [6.45, 7) is 12.9. The van der Waals surface area contributed by atoms with Crippen LogP contribution in [0.3, 0.4) is 0 Å². The summed E-state index contributed by atoms with van der Waals surface area (Å²) >= 11 is 0. The lowest BCUT2D eigenvalue weighted by Crippen LogP contribution is -2.03. The first-order valence-electron chi connectivity index (χ1n) is 18.2. The van der Waals surface area contributed by atoms with Gasteiger partial charge in [-0.15, -0.1) is 6.58 Å². The number of carbonyl (C=O) groups is 1. The summed E-state index contributed by atoms with van der Waals surface area (Å²) < 4.78 is 37.6. The van der Waals surface area contributed by atoms with Crippen LogP contribution in [-0.4, -0.2) is 26.1 Å². The van der Waals surface area contributed by atoms with Crippen LogP contribution in [-0.2, 0) is 0 Å². The van der Waals surface area contributed by atoms with E-state index in [1.54, 1.807) is 0 Å². The zero-order valence-corrected chi connectivity index (χ0v) is 32.0. The molecule has 0 saturated heterocycles. The molecule has 0 radical (unpaired) electrons. The maximum Gasteiger partial charge on any atom is 0.386 e. The number of hydrogen-bond donors (Lipinski definition) is 2. The molecular weight excluding hydrogens is 684 g/mol. The second kappa shape index (κ2) is 19.6. The molecule has 1 heterocycles. The Morgan fingerprint density at radius 3 is 1.91 bits per heavy atom. The van der Waals surface area contributed by atoms with E-state index in [2.05, 4.69) is 87.4 Å². The van der Waals surface area contributed by atoms with Crippen LogP contribution >= 0.6 is 0 Å². The highest BCUT2D eigenvalue weighted by molar-refractivity contribution is 6.06. The Labute approximate surface area is 317 Å². The van der Waals surface area contributed by atoms with Crippen molar-refractivity contribution in [3.8, 4) is 22.5 Å². The smallest absolute Gasteiger partial charge is 0.386 e. The number of fused-ring (bicyclic) bond motifs is 2. The summed E-state index contributed by atoms with van der Waals surface area (Å²) in [5.74, 6) is 0.708. The second-order valence-electron chi connectivity index (χ2n) is 13.4. The molecule has 5 nitrogen and oxygen atoms in total. The molecule has 1 saturated carbocycles. The average molecular weight is 734 g/mol. The van der Waals surface area contributed by atoms with E-state index in [0.717, 1.165) is 74.0 Å². The molecule has 0 bridgehead atoms. The van der Waals surface area contributed by atoms with Crippen molar-refractivity contribution >= 4 is 34.3 Å². The quantitative estimate of drug-likeness (QED) is 0.0974. The van der Waals surface area contributed by atoms with Crippen LogP contribution in [0.1, 0.15) is 65.2 Å². The van der Waals surface area contributed by atoms with Gasteiger partial charge in [-0.05, 0) is 86.8 Å². The Morgan fingerprint density at radius 2 is 1.37 bits per heavy atom. The van der Waals surface area contributed by atoms with E-state index in [1.807, 2.05) is 67.7 Å². The van der Waals surface area contributed by atoms with Crippen molar-refractivity contribution in [2.75, 3.05) is 18.9 Å². The van der Waals surface area contributed by atoms with Crippen LogP contribution in [0.5, 0.6) is 0 Å². The topological polar surface area (TPSA) is 66.6 Å².